The number of methoxy groups -OCH3 is 1. The topological polar surface area (TPSA) is 51.6 Å². The van der Waals surface area contributed by atoms with Gasteiger partial charge in [0.05, 0.1) is 28.8 Å². The molecule has 4 nitrogen and oxygen atoms in total. The second-order valence-corrected chi connectivity index (χ2v) is 7.13. The first kappa shape index (κ1) is 16.1. The molecule has 3 aromatic rings. The largest absolute Gasteiger partial charge is 0.508 e. The molecule has 0 aliphatic heterocycles. The van der Waals surface area contributed by atoms with Crippen LogP contribution in [-0.4, -0.2) is 23.8 Å². The Kier molecular flexibility index (Phi) is 5.03. The van der Waals surface area contributed by atoms with Crippen molar-refractivity contribution < 1.29 is 14.6 Å². The Morgan fingerprint density at radius 1 is 1.22 bits per heavy atom. The van der Waals surface area contributed by atoms with Gasteiger partial charge in [0.15, 0.2) is 11.5 Å². The van der Waals surface area contributed by atoms with Gasteiger partial charge in [-0.1, -0.05) is 28.1 Å². The maximum absolute atomic E-state index is 9.45. The summed E-state index contributed by atoms with van der Waals surface area (Å²) in [5.74, 6) is 1.30. The highest BCUT2D eigenvalue weighted by Crippen LogP contribution is 2.34. The number of hydrogen-bond donors (Lipinski definition) is 1. The van der Waals surface area contributed by atoms with Gasteiger partial charge in [-0.2, -0.15) is 0 Å². The van der Waals surface area contributed by atoms with Crippen molar-refractivity contribution in [3.8, 4) is 17.2 Å². The quantitative estimate of drug-likeness (QED) is 0.604. The van der Waals surface area contributed by atoms with Crippen LogP contribution in [-0.2, 0) is 0 Å². The number of hydrogen-bond acceptors (Lipinski definition) is 5. The number of alkyl halides is 1. The van der Waals surface area contributed by atoms with E-state index >= 15 is 0 Å². The Bertz CT molecular complexity index is 772. The van der Waals surface area contributed by atoms with Gasteiger partial charge in [-0.3, -0.25) is 0 Å². The molecule has 120 valence electrons. The van der Waals surface area contributed by atoms with Gasteiger partial charge < -0.3 is 14.6 Å². The Morgan fingerprint density at radius 2 is 2.04 bits per heavy atom. The standard InChI is InChI=1S/C17H16BrNO3S/c1-21-15-10-11(20)6-7-14(15)22-9-8-12(18)17-19-13-4-2-3-5-16(13)23-17/h2-7,10,12,20H,8-9H2,1H3. The highest BCUT2D eigenvalue weighted by molar-refractivity contribution is 9.09. The van der Waals surface area contributed by atoms with Crippen LogP contribution in [0.4, 0.5) is 0 Å². The fraction of sp³-hybridized carbons (Fsp3) is 0.235. The summed E-state index contributed by atoms with van der Waals surface area (Å²) in [6.07, 6.45) is 0.782. The van der Waals surface area contributed by atoms with E-state index in [4.69, 9.17) is 9.47 Å². The number of thiazole rings is 1. The summed E-state index contributed by atoms with van der Waals surface area (Å²) < 4.78 is 12.1. The number of rotatable bonds is 6. The highest BCUT2D eigenvalue weighted by Gasteiger charge is 2.14. The summed E-state index contributed by atoms with van der Waals surface area (Å²) in [6, 6.07) is 12.9. The van der Waals surface area contributed by atoms with Crippen molar-refractivity contribution in [1.82, 2.24) is 4.98 Å². The third kappa shape index (κ3) is 3.76. The zero-order valence-corrected chi connectivity index (χ0v) is 14.9. The lowest BCUT2D eigenvalue weighted by Gasteiger charge is -2.12. The molecule has 1 unspecified atom stereocenters. The minimum Gasteiger partial charge on any atom is -0.508 e. The van der Waals surface area contributed by atoms with E-state index in [9.17, 15) is 5.11 Å². The van der Waals surface area contributed by atoms with Gasteiger partial charge in [0.2, 0.25) is 0 Å². The van der Waals surface area contributed by atoms with Crippen molar-refractivity contribution in [3.63, 3.8) is 0 Å². The predicted molar refractivity (Wildman–Crippen MR) is 96.1 cm³/mol. The number of benzene rings is 2. The molecule has 3 rings (SSSR count). The van der Waals surface area contributed by atoms with E-state index in [1.807, 2.05) is 18.2 Å². The fourth-order valence-corrected chi connectivity index (χ4v) is 3.74. The van der Waals surface area contributed by atoms with Crippen LogP contribution in [0.1, 0.15) is 16.3 Å². The summed E-state index contributed by atoms with van der Waals surface area (Å²) in [5, 5.41) is 10.5. The average Bonchev–Trinajstić information content (AvgIpc) is 3.00. The Balaban J connectivity index is 1.62. The monoisotopic (exact) mass is 393 g/mol. The molecule has 0 saturated heterocycles. The molecule has 6 heteroatoms. The van der Waals surface area contributed by atoms with Gasteiger partial charge in [0.25, 0.3) is 0 Å². The van der Waals surface area contributed by atoms with Gasteiger partial charge in [0, 0.05) is 12.5 Å². The molecule has 0 aliphatic rings. The fourth-order valence-electron chi connectivity index (χ4n) is 2.20. The van der Waals surface area contributed by atoms with Gasteiger partial charge in [-0.25, -0.2) is 4.98 Å². The van der Waals surface area contributed by atoms with Crippen LogP contribution >= 0.6 is 27.3 Å². The summed E-state index contributed by atoms with van der Waals surface area (Å²) in [7, 11) is 1.55. The van der Waals surface area contributed by atoms with Crippen LogP contribution in [0.2, 0.25) is 0 Å². The van der Waals surface area contributed by atoms with Crippen molar-refractivity contribution in [3.05, 3.63) is 47.5 Å². The molecule has 0 bridgehead atoms. The molecular weight excluding hydrogens is 378 g/mol. The van der Waals surface area contributed by atoms with Crippen molar-refractivity contribution in [2.45, 2.75) is 11.2 Å². The van der Waals surface area contributed by atoms with Crippen molar-refractivity contribution in [1.29, 1.82) is 0 Å². The number of fused-ring (bicyclic) bond motifs is 1. The zero-order chi connectivity index (χ0) is 16.2. The molecule has 2 aromatic carbocycles. The van der Waals surface area contributed by atoms with E-state index in [0.29, 0.717) is 18.1 Å². The third-order valence-electron chi connectivity index (χ3n) is 3.35. The summed E-state index contributed by atoms with van der Waals surface area (Å²) in [5.41, 5.74) is 1.03. The van der Waals surface area contributed by atoms with E-state index < -0.39 is 0 Å². The van der Waals surface area contributed by atoms with Crippen LogP contribution in [0, 0.1) is 0 Å². The molecule has 1 atom stereocenters. The minimum atomic E-state index is 0.142. The minimum absolute atomic E-state index is 0.142. The molecule has 0 aliphatic carbocycles. The predicted octanol–water partition coefficient (Wildman–Crippen LogP) is 4.92. The van der Waals surface area contributed by atoms with Gasteiger partial charge in [0.1, 0.15) is 10.8 Å². The maximum atomic E-state index is 9.45. The summed E-state index contributed by atoms with van der Waals surface area (Å²) in [4.78, 5) is 4.78. The lowest BCUT2D eigenvalue weighted by atomic mass is 10.3. The third-order valence-corrected chi connectivity index (χ3v) is 5.70. The van der Waals surface area contributed by atoms with Gasteiger partial charge in [-0.05, 0) is 24.3 Å². The molecule has 1 heterocycles. The molecule has 1 N–H and O–H groups in total. The first-order chi connectivity index (χ1) is 11.2. The van der Waals surface area contributed by atoms with Crippen LogP contribution < -0.4 is 9.47 Å². The van der Waals surface area contributed by atoms with Crippen LogP contribution in [0.25, 0.3) is 10.2 Å². The normalized spacial score (nSPS) is 12.3. The molecule has 1 aromatic heterocycles. The van der Waals surface area contributed by atoms with E-state index in [-0.39, 0.29) is 10.6 Å². The zero-order valence-electron chi connectivity index (χ0n) is 12.5. The maximum Gasteiger partial charge on any atom is 0.164 e. The average molecular weight is 394 g/mol. The highest BCUT2D eigenvalue weighted by atomic mass is 79.9. The number of aromatic hydroxyl groups is 1. The van der Waals surface area contributed by atoms with E-state index in [1.54, 1.807) is 30.6 Å². The lowest BCUT2D eigenvalue weighted by molar-refractivity contribution is 0.288. The number of phenolic OH excluding ortho intramolecular Hbond substituents is 1. The molecule has 0 amide bonds. The molecule has 23 heavy (non-hydrogen) atoms. The number of ether oxygens (including phenoxy) is 2. The molecular formula is C17H16BrNO3S. The SMILES string of the molecule is COc1cc(O)ccc1OCCC(Br)c1nc2ccccc2s1. The van der Waals surface area contributed by atoms with E-state index in [0.717, 1.165) is 16.9 Å². The number of halogens is 1. The van der Waals surface area contributed by atoms with Crippen LogP contribution in [0.3, 0.4) is 0 Å². The number of aromatic nitrogens is 1. The number of phenols is 1. The first-order valence-electron chi connectivity index (χ1n) is 7.16. The van der Waals surface area contributed by atoms with Crippen molar-refractivity contribution >= 4 is 37.5 Å². The second kappa shape index (κ2) is 7.19. The number of para-hydroxylation sites is 1. The first-order valence-corrected chi connectivity index (χ1v) is 8.90. The van der Waals surface area contributed by atoms with Crippen molar-refractivity contribution in [2.24, 2.45) is 0 Å². The van der Waals surface area contributed by atoms with Crippen LogP contribution in [0.5, 0.6) is 17.2 Å². The van der Waals surface area contributed by atoms with Gasteiger partial charge >= 0.3 is 0 Å². The number of nitrogens with zero attached hydrogens (tertiary/aromatic N) is 1. The van der Waals surface area contributed by atoms with Crippen LogP contribution in [0.15, 0.2) is 42.5 Å². The van der Waals surface area contributed by atoms with Crippen molar-refractivity contribution in [2.75, 3.05) is 13.7 Å². The molecule has 0 fully saturated rings. The van der Waals surface area contributed by atoms with Gasteiger partial charge in [-0.15, -0.1) is 11.3 Å². The summed E-state index contributed by atoms with van der Waals surface area (Å²) in [6.45, 7) is 0.521. The molecule has 0 saturated carbocycles. The Morgan fingerprint density at radius 3 is 2.83 bits per heavy atom. The van der Waals surface area contributed by atoms with E-state index in [1.165, 1.54) is 10.8 Å². The molecule has 0 spiro atoms. The Labute approximate surface area is 146 Å². The second-order valence-electron chi connectivity index (χ2n) is 4.96. The Hall–Kier alpha value is -1.79. The van der Waals surface area contributed by atoms with E-state index in [2.05, 4.69) is 27.0 Å². The molecule has 0 radical (unpaired) electrons. The lowest BCUT2D eigenvalue weighted by Crippen LogP contribution is -2.02. The summed E-state index contributed by atoms with van der Waals surface area (Å²) >= 11 is 5.37. The smallest absolute Gasteiger partial charge is 0.164 e.